The van der Waals surface area contributed by atoms with E-state index in [1.807, 2.05) is 20.8 Å². The smallest absolute Gasteiger partial charge is 0.328 e. The first kappa shape index (κ1) is 16.4. The number of ether oxygens (including phenoxy) is 1. The van der Waals surface area contributed by atoms with Gasteiger partial charge in [0.25, 0.3) is 5.91 Å². The fourth-order valence-corrected chi connectivity index (χ4v) is 2.59. The van der Waals surface area contributed by atoms with Crippen molar-refractivity contribution in [2.75, 3.05) is 11.4 Å². The van der Waals surface area contributed by atoms with Crippen LogP contribution in [-0.2, 0) is 9.59 Å². The lowest BCUT2D eigenvalue weighted by Crippen LogP contribution is -2.45. The van der Waals surface area contributed by atoms with Gasteiger partial charge >= 0.3 is 5.97 Å². The van der Waals surface area contributed by atoms with Crippen molar-refractivity contribution in [3.63, 3.8) is 0 Å². The highest BCUT2D eigenvalue weighted by atomic mass is 35.5. The highest BCUT2D eigenvalue weighted by Crippen LogP contribution is 2.40. The van der Waals surface area contributed by atoms with Crippen LogP contribution in [0.25, 0.3) is 0 Å². The Morgan fingerprint density at radius 2 is 2.09 bits per heavy atom. The lowest BCUT2D eigenvalue weighted by atomic mass is 10.0. The molecule has 2 rings (SSSR count). The highest BCUT2D eigenvalue weighted by molar-refractivity contribution is 6.31. The lowest BCUT2D eigenvalue weighted by Gasteiger charge is -2.37. The number of rotatable bonds is 3. The first-order valence-corrected chi connectivity index (χ1v) is 7.36. The molecular formula is C16H18ClNO4. The third kappa shape index (κ3) is 3.42. The number of benzene rings is 1. The molecule has 1 aromatic carbocycles. The van der Waals surface area contributed by atoms with E-state index >= 15 is 0 Å². The molecule has 1 unspecified atom stereocenters. The van der Waals surface area contributed by atoms with Crippen LogP contribution in [0.4, 0.5) is 5.69 Å². The Morgan fingerprint density at radius 3 is 2.68 bits per heavy atom. The standard InChI is InChI=1S/C16H18ClNO4/c1-9(2)13-8-18(14(19)4-5-15(20)21)12-7-11(17)6-10(3)16(12)22-13/h4-7,9,13H,8H2,1-3H3,(H,20,21)/b5-4+. The quantitative estimate of drug-likeness (QED) is 0.868. The molecule has 0 radical (unpaired) electrons. The molecule has 5 nitrogen and oxygen atoms in total. The predicted molar refractivity (Wildman–Crippen MR) is 84.6 cm³/mol. The minimum Gasteiger partial charge on any atom is -0.486 e. The van der Waals surface area contributed by atoms with Gasteiger partial charge in [-0.2, -0.15) is 0 Å². The number of nitrogens with zero attached hydrogens (tertiary/aromatic N) is 1. The van der Waals surface area contributed by atoms with Crippen molar-refractivity contribution in [1.29, 1.82) is 0 Å². The number of carbonyl (C=O) groups is 2. The van der Waals surface area contributed by atoms with Gasteiger partial charge in [0.2, 0.25) is 0 Å². The van der Waals surface area contributed by atoms with Gasteiger partial charge in [-0.3, -0.25) is 4.79 Å². The lowest BCUT2D eigenvalue weighted by molar-refractivity contribution is -0.131. The van der Waals surface area contributed by atoms with Crippen LogP contribution >= 0.6 is 11.6 Å². The zero-order valence-corrected chi connectivity index (χ0v) is 13.4. The van der Waals surface area contributed by atoms with E-state index in [0.29, 0.717) is 23.0 Å². The second kappa shape index (κ2) is 6.40. The molecule has 1 amide bonds. The summed E-state index contributed by atoms with van der Waals surface area (Å²) in [5.41, 5.74) is 1.41. The number of carbonyl (C=O) groups excluding carboxylic acids is 1. The van der Waals surface area contributed by atoms with E-state index in [9.17, 15) is 9.59 Å². The van der Waals surface area contributed by atoms with Gasteiger partial charge in [0, 0.05) is 17.2 Å². The Kier molecular flexibility index (Phi) is 4.76. The third-order valence-corrected chi connectivity index (χ3v) is 3.74. The number of aliphatic carboxylic acids is 1. The molecule has 0 aromatic heterocycles. The zero-order chi connectivity index (χ0) is 16.4. The van der Waals surface area contributed by atoms with Gasteiger partial charge in [0.1, 0.15) is 11.9 Å². The van der Waals surface area contributed by atoms with Crippen molar-refractivity contribution < 1.29 is 19.4 Å². The van der Waals surface area contributed by atoms with Crippen LogP contribution < -0.4 is 9.64 Å². The maximum atomic E-state index is 12.3. The first-order chi connectivity index (χ1) is 10.3. The van der Waals surface area contributed by atoms with Crippen LogP contribution in [0.2, 0.25) is 5.02 Å². The zero-order valence-electron chi connectivity index (χ0n) is 12.7. The number of fused-ring (bicyclic) bond motifs is 1. The van der Waals surface area contributed by atoms with Crippen LogP contribution in [0.5, 0.6) is 5.75 Å². The summed E-state index contributed by atoms with van der Waals surface area (Å²) in [6.07, 6.45) is 1.72. The normalized spacial score (nSPS) is 17.5. The maximum Gasteiger partial charge on any atom is 0.328 e. The van der Waals surface area contributed by atoms with Crippen LogP contribution in [-0.4, -0.2) is 29.6 Å². The topological polar surface area (TPSA) is 66.8 Å². The number of amides is 1. The molecule has 0 fully saturated rings. The van der Waals surface area contributed by atoms with Gasteiger partial charge in [0.15, 0.2) is 0 Å². The Labute approximate surface area is 134 Å². The molecular weight excluding hydrogens is 306 g/mol. The van der Waals surface area contributed by atoms with Crippen molar-refractivity contribution >= 4 is 29.2 Å². The van der Waals surface area contributed by atoms with Crippen LogP contribution in [0.3, 0.4) is 0 Å². The number of carboxylic acid groups (broad SMARTS) is 1. The molecule has 22 heavy (non-hydrogen) atoms. The molecule has 0 bridgehead atoms. The van der Waals surface area contributed by atoms with E-state index in [-0.39, 0.29) is 12.0 Å². The monoisotopic (exact) mass is 323 g/mol. The van der Waals surface area contributed by atoms with Gasteiger partial charge < -0.3 is 14.7 Å². The van der Waals surface area contributed by atoms with Crippen molar-refractivity contribution in [2.45, 2.75) is 26.9 Å². The van der Waals surface area contributed by atoms with Gasteiger partial charge in [-0.15, -0.1) is 0 Å². The van der Waals surface area contributed by atoms with Crippen molar-refractivity contribution in [1.82, 2.24) is 0 Å². The summed E-state index contributed by atoms with van der Waals surface area (Å²) in [5.74, 6) is -0.739. The fourth-order valence-electron chi connectivity index (χ4n) is 2.32. The van der Waals surface area contributed by atoms with Gasteiger partial charge in [-0.1, -0.05) is 25.4 Å². The Hall–Kier alpha value is -2.01. The molecule has 0 saturated heterocycles. The average molecular weight is 324 g/mol. The maximum absolute atomic E-state index is 12.3. The second-order valence-electron chi connectivity index (χ2n) is 5.59. The Balaban J connectivity index is 2.45. The Bertz CT molecular complexity index is 639. The van der Waals surface area contributed by atoms with Crippen molar-refractivity contribution in [2.24, 2.45) is 5.92 Å². The Morgan fingerprint density at radius 1 is 1.41 bits per heavy atom. The second-order valence-corrected chi connectivity index (χ2v) is 6.03. The molecule has 1 atom stereocenters. The van der Waals surface area contributed by atoms with Crippen LogP contribution in [0.15, 0.2) is 24.3 Å². The molecule has 0 aliphatic carbocycles. The molecule has 6 heteroatoms. The van der Waals surface area contributed by atoms with Crippen LogP contribution in [0.1, 0.15) is 19.4 Å². The van der Waals surface area contributed by atoms with E-state index in [0.717, 1.165) is 17.7 Å². The van der Waals surface area contributed by atoms with Gasteiger partial charge in [0.05, 0.1) is 12.2 Å². The van der Waals surface area contributed by atoms with Crippen LogP contribution in [0, 0.1) is 12.8 Å². The molecule has 0 spiro atoms. The number of hydrogen-bond acceptors (Lipinski definition) is 3. The van der Waals surface area contributed by atoms with Gasteiger partial charge in [-0.05, 0) is 30.5 Å². The molecule has 1 N–H and O–H groups in total. The molecule has 1 aliphatic heterocycles. The summed E-state index contributed by atoms with van der Waals surface area (Å²) in [7, 11) is 0. The molecule has 1 aliphatic rings. The minimum atomic E-state index is -1.16. The largest absolute Gasteiger partial charge is 0.486 e. The summed E-state index contributed by atoms with van der Waals surface area (Å²) >= 11 is 6.07. The fraction of sp³-hybridized carbons (Fsp3) is 0.375. The molecule has 118 valence electrons. The number of aryl methyl sites for hydroxylation is 1. The minimum absolute atomic E-state index is 0.158. The highest BCUT2D eigenvalue weighted by Gasteiger charge is 2.32. The SMILES string of the molecule is Cc1cc(Cl)cc2c1OC(C(C)C)CN2C(=O)/C=C/C(=O)O. The predicted octanol–water partition coefficient (Wildman–Crippen LogP) is 3.04. The van der Waals surface area contributed by atoms with E-state index in [4.69, 9.17) is 21.4 Å². The van der Waals surface area contributed by atoms with E-state index < -0.39 is 11.9 Å². The number of anilines is 1. The number of hydrogen-bond donors (Lipinski definition) is 1. The summed E-state index contributed by atoms with van der Waals surface area (Å²) in [5, 5.41) is 9.18. The van der Waals surface area contributed by atoms with Crippen molar-refractivity contribution in [3.8, 4) is 5.75 Å². The van der Waals surface area contributed by atoms with E-state index in [1.54, 1.807) is 12.1 Å². The average Bonchev–Trinajstić information content (AvgIpc) is 2.43. The summed E-state index contributed by atoms with van der Waals surface area (Å²) in [6.45, 7) is 6.24. The summed E-state index contributed by atoms with van der Waals surface area (Å²) < 4.78 is 5.99. The molecule has 0 saturated carbocycles. The van der Waals surface area contributed by atoms with Gasteiger partial charge in [-0.25, -0.2) is 4.79 Å². The van der Waals surface area contributed by atoms with Crippen molar-refractivity contribution in [3.05, 3.63) is 34.9 Å². The number of halogens is 1. The number of carboxylic acids is 1. The summed E-state index contributed by atoms with van der Waals surface area (Å²) in [6, 6.07) is 3.44. The van der Waals surface area contributed by atoms with E-state index in [2.05, 4.69) is 0 Å². The summed E-state index contributed by atoms with van der Waals surface area (Å²) in [4.78, 5) is 24.5. The third-order valence-electron chi connectivity index (χ3n) is 3.52. The molecule has 1 heterocycles. The molecule has 1 aromatic rings. The first-order valence-electron chi connectivity index (χ1n) is 6.99. The van der Waals surface area contributed by atoms with E-state index in [1.165, 1.54) is 4.90 Å².